The third-order valence-corrected chi connectivity index (χ3v) is 4.41. The molecule has 0 aliphatic carbocycles. The van der Waals surface area contributed by atoms with Gasteiger partial charge in [-0.15, -0.1) is 11.3 Å². The Morgan fingerprint density at radius 2 is 2.09 bits per heavy atom. The lowest BCUT2D eigenvalue weighted by atomic mass is 10.2. The number of amides is 1. The van der Waals surface area contributed by atoms with E-state index in [1.54, 1.807) is 16.2 Å². The molecule has 1 atom stereocenters. The molecule has 0 saturated heterocycles. The van der Waals surface area contributed by atoms with Crippen LogP contribution in [-0.4, -0.2) is 36.2 Å². The van der Waals surface area contributed by atoms with E-state index in [0.29, 0.717) is 13.1 Å². The van der Waals surface area contributed by atoms with Crippen molar-refractivity contribution in [2.45, 2.75) is 52.7 Å². The van der Waals surface area contributed by atoms with E-state index in [1.165, 1.54) is 4.88 Å². The molecule has 22 heavy (non-hydrogen) atoms. The van der Waals surface area contributed by atoms with Gasteiger partial charge in [-0.25, -0.2) is 4.79 Å². The maximum atomic E-state index is 12.2. The highest BCUT2D eigenvalue weighted by molar-refractivity contribution is 7.16. The van der Waals surface area contributed by atoms with Crippen molar-refractivity contribution in [3.8, 4) is 0 Å². The summed E-state index contributed by atoms with van der Waals surface area (Å²) >= 11 is 7.53. The number of rotatable bonds is 7. The van der Waals surface area contributed by atoms with Gasteiger partial charge in [0.25, 0.3) is 0 Å². The Bertz CT molecular complexity index is 471. The fourth-order valence-electron chi connectivity index (χ4n) is 1.97. The maximum Gasteiger partial charge on any atom is 0.410 e. The highest BCUT2D eigenvalue weighted by Crippen LogP contribution is 2.26. The number of ether oxygens (including phenoxy) is 1. The van der Waals surface area contributed by atoms with Gasteiger partial charge in [-0.05, 0) is 46.2 Å². The summed E-state index contributed by atoms with van der Waals surface area (Å²) in [6, 6.07) is 4.16. The number of thiophene rings is 1. The lowest BCUT2D eigenvalue weighted by Crippen LogP contribution is -2.41. The number of carbonyl (C=O) groups is 1. The van der Waals surface area contributed by atoms with Crippen molar-refractivity contribution in [3.05, 3.63) is 21.3 Å². The van der Waals surface area contributed by atoms with Gasteiger partial charge >= 0.3 is 6.09 Å². The van der Waals surface area contributed by atoms with Gasteiger partial charge in [0.15, 0.2) is 0 Å². The molecule has 1 aromatic rings. The van der Waals surface area contributed by atoms with Gasteiger partial charge in [0.05, 0.1) is 4.34 Å². The molecular weight excluding hydrogens is 320 g/mol. The van der Waals surface area contributed by atoms with Crippen molar-refractivity contribution >= 4 is 29.0 Å². The Kier molecular flexibility index (Phi) is 7.66. The molecule has 0 bridgehead atoms. The number of carbonyl (C=O) groups excluding carboxylic acids is 1. The average molecular weight is 347 g/mol. The second kappa shape index (κ2) is 8.75. The first kappa shape index (κ1) is 19.3. The summed E-state index contributed by atoms with van der Waals surface area (Å²) in [5, 5.41) is 3.42. The summed E-state index contributed by atoms with van der Waals surface area (Å²) < 4.78 is 6.24. The average Bonchev–Trinajstić information content (AvgIpc) is 2.82. The van der Waals surface area contributed by atoms with Crippen LogP contribution >= 0.6 is 22.9 Å². The molecule has 1 aromatic heterocycles. The Hall–Kier alpha value is -0.780. The second-order valence-corrected chi connectivity index (χ2v) is 8.03. The van der Waals surface area contributed by atoms with Gasteiger partial charge < -0.3 is 15.0 Å². The summed E-state index contributed by atoms with van der Waals surface area (Å²) in [5.74, 6) is 0. The quantitative estimate of drug-likeness (QED) is 0.778. The molecule has 126 valence electrons. The molecule has 1 amide bonds. The van der Waals surface area contributed by atoms with Crippen LogP contribution in [0.25, 0.3) is 0 Å². The van der Waals surface area contributed by atoms with Gasteiger partial charge in [-0.1, -0.05) is 18.5 Å². The zero-order chi connectivity index (χ0) is 16.8. The van der Waals surface area contributed by atoms with E-state index in [2.05, 4.69) is 19.2 Å². The molecule has 1 rings (SSSR count). The minimum atomic E-state index is -0.461. The molecule has 0 aliphatic heterocycles. The molecule has 0 aromatic carbocycles. The summed E-state index contributed by atoms with van der Waals surface area (Å²) in [6.45, 7) is 11.9. The first-order chi connectivity index (χ1) is 10.2. The first-order valence-corrected chi connectivity index (χ1v) is 8.89. The molecule has 1 N–H and O–H groups in total. The fourth-order valence-corrected chi connectivity index (χ4v) is 3.06. The minimum Gasteiger partial charge on any atom is -0.444 e. The van der Waals surface area contributed by atoms with Crippen molar-refractivity contribution in [1.82, 2.24) is 10.2 Å². The molecule has 0 fully saturated rings. The Balaban J connectivity index is 2.45. The van der Waals surface area contributed by atoms with Crippen molar-refractivity contribution in [3.63, 3.8) is 0 Å². The van der Waals surface area contributed by atoms with Crippen LogP contribution in [0.2, 0.25) is 4.34 Å². The number of halogens is 1. The molecule has 1 unspecified atom stereocenters. The van der Waals surface area contributed by atoms with Gasteiger partial charge in [0.1, 0.15) is 5.60 Å². The van der Waals surface area contributed by atoms with E-state index in [0.717, 1.165) is 17.3 Å². The molecule has 0 radical (unpaired) electrons. The van der Waals surface area contributed by atoms with Gasteiger partial charge in [0, 0.05) is 30.6 Å². The SMILES string of the molecule is CCCN(CCNC(C)c1ccc(Cl)s1)C(=O)OC(C)(C)C. The molecule has 0 saturated carbocycles. The van der Waals surface area contributed by atoms with E-state index in [1.807, 2.05) is 32.9 Å². The van der Waals surface area contributed by atoms with Crippen LogP contribution in [0.4, 0.5) is 4.79 Å². The van der Waals surface area contributed by atoms with E-state index >= 15 is 0 Å². The van der Waals surface area contributed by atoms with E-state index in [4.69, 9.17) is 16.3 Å². The molecule has 0 aliphatic rings. The third kappa shape index (κ3) is 6.99. The standard InChI is InChI=1S/C16H27ClN2O2S/c1-6-10-19(15(20)21-16(3,4)5)11-9-18-12(2)13-7-8-14(17)22-13/h7-8,12,18H,6,9-11H2,1-5H3. The van der Waals surface area contributed by atoms with Crippen molar-refractivity contribution < 1.29 is 9.53 Å². The van der Waals surface area contributed by atoms with Crippen LogP contribution < -0.4 is 5.32 Å². The summed E-state index contributed by atoms with van der Waals surface area (Å²) in [5.41, 5.74) is -0.461. The van der Waals surface area contributed by atoms with Gasteiger partial charge in [0.2, 0.25) is 0 Å². The van der Waals surface area contributed by atoms with Crippen LogP contribution in [0.3, 0.4) is 0 Å². The van der Waals surface area contributed by atoms with Gasteiger partial charge in [-0.3, -0.25) is 0 Å². The predicted molar refractivity (Wildman–Crippen MR) is 93.8 cm³/mol. The Morgan fingerprint density at radius 1 is 1.41 bits per heavy atom. The van der Waals surface area contributed by atoms with Crippen molar-refractivity contribution in [2.24, 2.45) is 0 Å². The van der Waals surface area contributed by atoms with Crippen LogP contribution in [0.1, 0.15) is 52.0 Å². The van der Waals surface area contributed by atoms with Crippen LogP contribution in [0.5, 0.6) is 0 Å². The number of nitrogens with one attached hydrogen (secondary N) is 1. The van der Waals surface area contributed by atoms with E-state index < -0.39 is 5.60 Å². The minimum absolute atomic E-state index is 0.222. The summed E-state index contributed by atoms with van der Waals surface area (Å²) in [6.07, 6.45) is 0.665. The summed E-state index contributed by atoms with van der Waals surface area (Å²) in [7, 11) is 0. The van der Waals surface area contributed by atoms with Crippen molar-refractivity contribution in [1.29, 1.82) is 0 Å². The highest BCUT2D eigenvalue weighted by Gasteiger charge is 2.21. The van der Waals surface area contributed by atoms with E-state index in [-0.39, 0.29) is 12.1 Å². The first-order valence-electron chi connectivity index (χ1n) is 7.69. The third-order valence-electron chi connectivity index (χ3n) is 3.00. The highest BCUT2D eigenvalue weighted by atomic mass is 35.5. The molecular formula is C16H27ClN2O2S. The zero-order valence-corrected chi connectivity index (χ0v) is 15.7. The monoisotopic (exact) mass is 346 g/mol. The lowest BCUT2D eigenvalue weighted by molar-refractivity contribution is 0.0251. The largest absolute Gasteiger partial charge is 0.444 e. The molecule has 6 heteroatoms. The maximum absolute atomic E-state index is 12.2. The van der Waals surface area contributed by atoms with Crippen molar-refractivity contribution in [2.75, 3.05) is 19.6 Å². The van der Waals surface area contributed by atoms with E-state index in [9.17, 15) is 4.79 Å². The Labute approximate surface area is 142 Å². The predicted octanol–water partition coefficient (Wildman–Crippen LogP) is 4.70. The second-order valence-electron chi connectivity index (χ2n) is 6.29. The molecule has 0 spiro atoms. The molecule has 1 heterocycles. The topological polar surface area (TPSA) is 41.6 Å². The number of nitrogens with zero attached hydrogens (tertiary/aromatic N) is 1. The normalized spacial score (nSPS) is 13.0. The zero-order valence-electron chi connectivity index (χ0n) is 14.1. The number of hydrogen-bond donors (Lipinski definition) is 1. The lowest BCUT2D eigenvalue weighted by Gasteiger charge is -2.27. The summed E-state index contributed by atoms with van der Waals surface area (Å²) in [4.78, 5) is 15.1. The Morgan fingerprint density at radius 3 is 2.59 bits per heavy atom. The van der Waals surface area contributed by atoms with Crippen LogP contribution in [0, 0.1) is 0 Å². The molecule has 4 nitrogen and oxygen atoms in total. The van der Waals surface area contributed by atoms with Crippen LogP contribution in [-0.2, 0) is 4.74 Å². The smallest absolute Gasteiger partial charge is 0.410 e. The van der Waals surface area contributed by atoms with Gasteiger partial charge in [-0.2, -0.15) is 0 Å². The van der Waals surface area contributed by atoms with Crippen LogP contribution in [0.15, 0.2) is 12.1 Å². The number of hydrogen-bond acceptors (Lipinski definition) is 4. The fraction of sp³-hybridized carbons (Fsp3) is 0.688.